The van der Waals surface area contributed by atoms with Gasteiger partial charge in [-0.1, -0.05) is 19.8 Å². The molecule has 1 saturated heterocycles. The van der Waals surface area contributed by atoms with Gasteiger partial charge in [0, 0.05) is 49.4 Å². The molecule has 33 heavy (non-hydrogen) atoms. The number of piperidine rings is 1. The molecule has 0 aromatic carbocycles. The van der Waals surface area contributed by atoms with Crippen LogP contribution in [0.15, 0.2) is 29.3 Å². The number of anilines is 2. The number of aromatic nitrogens is 5. The molecule has 1 amide bonds. The lowest BCUT2D eigenvalue weighted by Gasteiger charge is -2.34. The topological polar surface area (TPSA) is 97.9 Å². The Hall–Kier alpha value is -3.23. The number of nitrogens with one attached hydrogen (secondary N) is 1. The normalized spacial score (nSPS) is 19.3. The summed E-state index contributed by atoms with van der Waals surface area (Å²) in [7, 11) is 0. The fraction of sp³-hybridized carbons (Fsp3) is 0.542. The molecule has 1 aliphatic carbocycles. The molecule has 2 fully saturated rings. The number of fused-ring (bicyclic) bond motifs is 1. The Labute approximate surface area is 192 Å². The predicted molar refractivity (Wildman–Crippen MR) is 127 cm³/mol. The minimum absolute atomic E-state index is 0.0917. The van der Waals surface area contributed by atoms with Crippen molar-refractivity contribution in [3.63, 3.8) is 0 Å². The summed E-state index contributed by atoms with van der Waals surface area (Å²) >= 11 is 0. The van der Waals surface area contributed by atoms with E-state index < -0.39 is 0 Å². The van der Waals surface area contributed by atoms with E-state index >= 15 is 0 Å². The van der Waals surface area contributed by atoms with E-state index in [-0.39, 0.29) is 17.5 Å². The van der Waals surface area contributed by atoms with Crippen molar-refractivity contribution in [3.8, 4) is 0 Å². The molecule has 9 heteroatoms. The van der Waals surface area contributed by atoms with Gasteiger partial charge in [0.05, 0.1) is 12.1 Å². The number of nitrogens with zero attached hydrogens (tertiary/aromatic N) is 6. The number of hydrogen-bond donors (Lipinski definition) is 1. The summed E-state index contributed by atoms with van der Waals surface area (Å²) in [5.41, 5.74) is 1.36. The predicted octanol–water partition coefficient (Wildman–Crippen LogP) is 3.73. The number of carbonyl (C=O) groups is 1. The number of carbonyl (C=O) groups excluding carboxylic acids is 1. The van der Waals surface area contributed by atoms with Crippen molar-refractivity contribution in [2.75, 3.05) is 18.4 Å². The Morgan fingerprint density at radius 3 is 2.76 bits per heavy atom. The van der Waals surface area contributed by atoms with Gasteiger partial charge in [-0.3, -0.25) is 18.8 Å². The molecule has 4 heterocycles. The Morgan fingerprint density at radius 1 is 1.18 bits per heavy atom. The van der Waals surface area contributed by atoms with Crippen molar-refractivity contribution < 1.29 is 4.79 Å². The fourth-order valence-electron chi connectivity index (χ4n) is 5.19. The Bertz CT molecular complexity index is 1230. The van der Waals surface area contributed by atoms with Gasteiger partial charge in [0.25, 0.3) is 5.56 Å². The minimum atomic E-state index is -0.103. The zero-order valence-corrected chi connectivity index (χ0v) is 19.3. The van der Waals surface area contributed by atoms with E-state index in [1.165, 1.54) is 12.8 Å². The highest BCUT2D eigenvalue weighted by molar-refractivity contribution is 5.79. The van der Waals surface area contributed by atoms with Crippen molar-refractivity contribution in [2.24, 2.45) is 0 Å². The Morgan fingerprint density at radius 2 is 1.97 bits per heavy atom. The standard InChI is InChI=1S/C24H31N7O2/c1-3-21(32)29-11-6-9-18(15-29)31-22(33)13-16(2)19-14-25-24(27-23(19)31)26-20-10-12-30(28-20)17-7-4-5-8-17/h10,12-14,17-18H,3-9,11,15H2,1-2H3,(H,25,26,27,28)/t18-/m1/s1. The molecule has 5 rings (SSSR count). The molecule has 174 valence electrons. The quantitative estimate of drug-likeness (QED) is 0.637. The molecule has 1 saturated carbocycles. The van der Waals surface area contributed by atoms with Crippen LogP contribution >= 0.6 is 0 Å². The van der Waals surface area contributed by atoms with Crippen molar-refractivity contribution in [3.05, 3.63) is 40.4 Å². The first-order valence-corrected chi connectivity index (χ1v) is 12.0. The van der Waals surface area contributed by atoms with E-state index in [4.69, 9.17) is 4.98 Å². The van der Waals surface area contributed by atoms with Gasteiger partial charge in [0.15, 0.2) is 5.82 Å². The maximum absolute atomic E-state index is 13.1. The van der Waals surface area contributed by atoms with Crippen LogP contribution < -0.4 is 10.9 Å². The maximum atomic E-state index is 13.1. The Balaban J connectivity index is 1.48. The van der Waals surface area contributed by atoms with Gasteiger partial charge in [-0.05, 0) is 38.2 Å². The lowest BCUT2D eigenvalue weighted by Crippen LogP contribution is -2.42. The van der Waals surface area contributed by atoms with Gasteiger partial charge in [0.1, 0.15) is 5.65 Å². The van der Waals surface area contributed by atoms with Crippen LogP contribution in [-0.4, -0.2) is 48.2 Å². The van der Waals surface area contributed by atoms with Gasteiger partial charge < -0.3 is 10.2 Å². The van der Waals surface area contributed by atoms with Crippen LogP contribution in [0.5, 0.6) is 0 Å². The second kappa shape index (κ2) is 8.96. The summed E-state index contributed by atoms with van der Waals surface area (Å²) in [4.78, 5) is 36.5. The summed E-state index contributed by atoms with van der Waals surface area (Å²) in [6.07, 6.45) is 10.8. The number of likely N-dealkylation sites (tertiary alicyclic amines) is 1. The second-order valence-electron chi connectivity index (χ2n) is 9.20. The fourth-order valence-corrected chi connectivity index (χ4v) is 5.19. The van der Waals surface area contributed by atoms with E-state index in [0.717, 1.165) is 43.2 Å². The zero-order chi connectivity index (χ0) is 22.9. The average molecular weight is 450 g/mol. The number of aryl methyl sites for hydroxylation is 1. The van der Waals surface area contributed by atoms with Crippen LogP contribution in [0.3, 0.4) is 0 Å². The highest BCUT2D eigenvalue weighted by atomic mass is 16.2. The van der Waals surface area contributed by atoms with Gasteiger partial charge in [-0.25, -0.2) is 4.98 Å². The zero-order valence-electron chi connectivity index (χ0n) is 19.3. The minimum Gasteiger partial charge on any atom is -0.341 e. The van der Waals surface area contributed by atoms with Gasteiger partial charge >= 0.3 is 0 Å². The first kappa shape index (κ1) is 21.6. The van der Waals surface area contributed by atoms with Crippen LogP contribution in [-0.2, 0) is 4.79 Å². The third-order valence-electron chi connectivity index (χ3n) is 6.96. The SMILES string of the molecule is CCC(=O)N1CCC[C@@H](n2c(=O)cc(C)c3cnc(Nc4ccn(C5CCCC5)n4)nc32)C1. The van der Waals surface area contributed by atoms with Crippen LogP contribution in [0.4, 0.5) is 11.8 Å². The van der Waals surface area contributed by atoms with Crippen molar-refractivity contribution >= 4 is 28.7 Å². The lowest BCUT2D eigenvalue weighted by molar-refractivity contribution is -0.132. The monoisotopic (exact) mass is 449 g/mol. The summed E-state index contributed by atoms with van der Waals surface area (Å²) in [6, 6.07) is 3.94. The van der Waals surface area contributed by atoms with Crippen LogP contribution in [0, 0.1) is 6.92 Å². The molecule has 3 aromatic heterocycles. The first-order chi connectivity index (χ1) is 16.0. The van der Waals surface area contributed by atoms with Crippen molar-refractivity contribution in [1.82, 2.24) is 29.2 Å². The molecular formula is C24H31N7O2. The smallest absolute Gasteiger partial charge is 0.252 e. The highest BCUT2D eigenvalue weighted by Crippen LogP contribution is 2.30. The molecule has 2 aliphatic rings. The second-order valence-corrected chi connectivity index (χ2v) is 9.20. The van der Waals surface area contributed by atoms with Gasteiger partial charge in [-0.2, -0.15) is 10.1 Å². The summed E-state index contributed by atoms with van der Waals surface area (Å²) in [5, 5.41) is 8.72. The van der Waals surface area contributed by atoms with Crippen molar-refractivity contribution in [2.45, 2.75) is 70.9 Å². The highest BCUT2D eigenvalue weighted by Gasteiger charge is 2.26. The largest absolute Gasteiger partial charge is 0.341 e. The molecular weight excluding hydrogens is 418 g/mol. The van der Waals surface area contributed by atoms with Gasteiger partial charge in [0.2, 0.25) is 11.9 Å². The lowest BCUT2D eigenvalue weighted by atomic mass is 10.0. The third kappa shape index (κ3) is 4.24. The summed E-state index contributed by atoms with van der Waals surface area (Å²) in [6.45, 7) is 5.05. The first-order valence-electron chi connectivity index (χ1n) is 12.0. The molecule has 3 aromatic rings. The molecule has 0 unspecified atom stereocenters. The molecule has 9 nitrogen and oxygen atoms in total. The van der Waals surface area contributed by atoms with Crippen LogP contribution in [0.1, 0.15) is 69.5 Å². The summed E-state index contributed by atoms with van der Waals surface area (Å²) in [5.74, 6) is 1.23. The van der Waals surface area contributed by atoms with Crippen LogP contribution in [0.25, 0.3) is 11.0 Å². The number of amides is 1. The maximum Gasteiger partial charge on any atom is 0.252 e. The van der Waals surface area contributed by atoms with Gasteiger partial charge in [-0.15, -0.1) is 0 Å². The number of pyridine rings is 1. The molecule has 0 radical (unpaired) electrons. The van der Waals surface area contributed by atoms with Crippen molar-refractivity contribution in [1.29, 1.82) is 0 Å². The Kier molecular flexibility index (Phi) is 5.86. The number of hydrogen-bond acceptors (Lipinski definition) is 6. The van der Waals surface area contributed by atoms with E-state index in [9.17, 15) is 9.59 Å². The molecule has 0 spiro atoms. The average Bonchev–Trinajstić information content (AvgIpc) is 3.51. The van der Waals surface area contributed by atoms with E-state index in [1.807, 2.05) is 35.7 Å². The van der Waals surface area contributed by atoms with Crippen LogP contribution in [0.2, 0.25) is 0 Å². The van der Waals surface area contributed by atoms with E-state index in [1.54, 1.807) is 16.8 Å². The molecule has 1 aliphatic heterocycles. The summed E-state index contributed by atoms with van der Waals surface area (Å²) < 4.78 is 3.78. The molecule has 0 bridgehead atoms. The number of rotatable bonds is 5. The third-order valence-corrected chi connectivity index (χ3v) is 6.96. The van der Waals surface area contributed by atoms with E-state index in [2.05, 4.69) is 15.4 Å². The molecule has 1 atom stereocenters. The van der Waals surface area contributed by atoms with E-state index in [0.29, 0.717) is 36.4 Å². The molecule has 1 N–H and O–H groups in total.